The molecule has 0 radical (unpaired) electrons. The van der Waals surface area contributed by atoms with Crippen LogP contribution in [0.1, 0.15) is 15.9 Å². The average Bonchev–Trinajstić information content (AvgIpc) is 2.47. The number of methoxy groups -OCH3 is 1. The van der Waals surface area contributed by atoms with E-state index in [-0.39, 0.29) is 12.5 Å². The van der Waals surface area contributed by atoms with Crippen molar-refractivity contribution in [2.24, 2.45) is 0 Å². The summed E-state index contributed by atoms with van der Waals surface area (Å²) < 4.78 is 5.84. The first-order chi connectivity index (χ1) is 9.63. The fourth-order valence-corrected chi connectivity index (χ4v) is 2.30. The molecule has 2 rings (SSSR count). The third kappa shape index (κ3) is 3.37. The summed E-state index contributed by atoms with van der Waals surface area (Å²) in [5, 5.41) is 11.9. The summed E-state index contributed by atoms with van der Waals surface area (Å²) in [5.74, 6) is 0.451. The minimum Gasteiger partial charge on any atom is -0.496 e. The first-order valence-electron chi connectivity index (χ1n) is 5.98. The lowest BCUT2D eigenvalue weighted by Gasteiger charge is -2.08. The van der Waals surface area contributed by atoms with E-state index in [0.717, 1.165) is 10.0 Å². The maximum Gasteiger partial charge on any atom is 0.255 e. The Morgan fingerprint density at radius 3 is 2.75 bits per heavy atom. The Morgan fingerprint density at radius 1 is 1.30 bits per heavy atom. The molecule has 0 spiro atoms. The quantitative estimate of drug-likeness (QED) is 0.901. The number of nitrogens with one attached hydrogen (secondary N) is 1. The number of aliphatic hydroxyl groups is 1. The molecule has 0 aromatic heterocycles. The monoisotopic (exact) mass is 335 g/mol. The summed E-state index contributed by atoms with van der Waals surface area (Å²) in [4.78, 5) is 12.1. The van der Waals surface area contributed by atoms with Gasteiger partial charge in [0.05, 0.1) is 18.2 Å². The molecule has 5 heteroatoms. The van der Waals surface area contributed by atoms with Gasteiger partial charge in [0.2, 0.25) is 0 Å². The molecular weight excluding hydrogens is 322 g/mol. The lowest BCUT2D eigenvalue weighted by molar-refractivity contribution is 0.102. The maximum atomic E-state index is 12.1. The number of benzene rings is 2. The van der Waals surface area contributed by atoms with E-state index in [1.165, 1.54) is 0 Å². The molecule has 0 bridgehead atoms. The smallest absolute Gasteiger partial charge is 0.255 e. The van der Waals surface area contributed by atoms with E-state index in [0.29, 0.717) is 17.0 Å². The highest BCUT2D eigenvalue weighted by Gasteiger charge is 2.09. The first kappa shape index (κ1) is 14.6. The van der Waals surface area contributed by atoms with E-state index in [9.17, 15) is 4.79 Å². The van der Waals surface area contributed by atoms with Crippen LogP contribution in [0.5, 0.6) is 5.75 Å². The van der Waals surface area contributed by atoms with Gasteiger partial charge in [-0.1, -0.05) is 12.1 Å². The Morgan fingerprint density at radius 2 is 2.10 bits per heavy atom. The normalized spacial score (nSPS) is 10.2. The lowest BCUT2D eigenvalue weighted by atomic mass is 10.1. The first-order valence-corrected chi connectivity index (χ1v) is 6.78. The van der Waals surface area contributed by atoms with E-state index >= 15 is 0 Å². The van der Waals surface area contributed by atoms with E-state index < -0.39 is 0 Å². The highest BCUT2D eigenvalue weighted by atomic mass is 79.9. The largest absolute Gasteiger partial charge is 0.496 e. The van der Waals surface area contributed by atoms with Crippen LogP contribution in [0.15, 0.2) is 46.9 Å². The highest BCUT2D eigenvalue weighted by Crippen LogP contribution is 2.26. The molecule has 104 valence electrons. The number of anilines is 1. The number of carbonyl (C=O) groups is 1. The number of carbonyl (C=O) groups excluding carboxylic acids is 1. The van der Waals surface area contributed by atoms with Crippen LogP contribution in [0, 0.1) is 0 Å². The Hall–Kier alpha value is -1.85. The van der Waals surface area contributed by atoms with E-state index in [4.69, 9.17) is 9.84 Å². The molecule has 1 amide bonds. The predicted octanol–water partition coefficient (Wildman–Crippen LogP) is 3.20. The van der Waals surface area contributed by atoms with Crippen molar-refractivity contribution in [1.29, 1.82) is 0 Å². The summed E-state index contributed by atoms with van der Waals surface area (Å²) >= 11 is 3.35. The molecule has 0 aliphatic carbocycles. The Bertz CT molecular complexity index is 628. The van der Waals surface area contributed by atoms with Crippen molar-refractivity contribution < 1.29 is 14.6 Å². The van der Waals surface area contributed by atoms with Crippen molar-refractivity contribution in [2.75, 3.05) is 12.4 Å². The van der Waals surface area contributed by atoms with E-state index in [1.54, 1.807) is 49.6 Å². The summed E-state index contributed by atoms with van der Waals surface area (Å²) in [6, 6.07) is 12.2. The molecule has 0 saturated heterocycles. The molecule has 20 heavy (non-hydrogen) atoms. The van der Waals surface area contributed by atoms with Crippen molar-refractivity contribution >= 4 is 27.5 Å². The minimum atomic E-state index is -0.219. The van der Waals surface area contributed by atoms with Gasteiger partial charge in [0.1, 0.15) is 5.75 Å². The molecule has 0 heterocycles. The SMILES string of the molecule is COc1ccc(C(=O)Nc2cccc(CO)c2)cc1Br. The zero-order valence-corrected chi connectivity index (χ0v) is 12.5. The topological polar surface area (TPSA) is 58.6 Å². The number of hydrogen-bond donors (Lipinski definition) is 2. The molecule has 0 saturated carbocycles. The zero-order chi connectivity index (χ0) is 14.5. The second-order valence-electron chi connectivity index (χ2n) is 4.16. The third-order valence-electron chi connectivity index (χ3n) is 2.78. The zero-order valence-electron chi connectivity index (χ0n) is 10.9. The molecule has 2 aromatic rings. The Labute approximate surface area is 125 Å². The molecule has 0 aliphatic heterocycles. The standard InChI is InChI=1S/C15H14BrNO3/c1-20-14-6-5-11(8-13(14)16)15(19)17-12-4-2-3-10(7-12)9-18/h2-8,18H,9H2,1H3,(H,17,19). The van der Waals surface area contributed by atoms with Crippen LogP contribution in [0.3, 0.4) is 0 Å². The van der Waals surface area contributed by atoms with Crippen molar-refractivity contribution in [2.45, 2.75) is 6.61 Å². The van der Waals surface area contributed by atoms with Gasteiger partial charge in [0, 0.05) is 11.3 Å². The molecule has 0 atom stereocenters. The summed E-state index contributed by atoms with van der Waals surface area (Å²) in [7, 11) is 1.57. The minimum absolute atomic E-state index is 0.0577. The second-order valence-corrected chi connectivity index (χ2v) is 5.02. The number of aliphatic hydroxyl groups excluding tert-OH is 1. The summed E-state index contributed by atoms with van der Waals surface area (Å²) in [5.41, 5.74) is 1.92. The lowest BCUT2D eigenvalue weighted by Crippen LogP contribution is -2.12. The van der Waals surface area contributed by atoms with E-state index in [2.05, 4.69) is 21.2 Å². The number of halogens is 1. The highest BCUT2D eigenvalue weighted by molar-refractivity contribution is 9.10. The van der Waals surface area contributed by atoms with Crippen LogP contribution < -0.4 is 10.1 Å². The molecule has 2 N–H and O–H groups in total. The number of rotatable bonds is 4. The van der Waals surface area contributed by atoms with Gasteiger partial charge in [0.15, 0.2) is 0 Å². The summed E-state index contributed by atoms with van der Waals surface area (Å²) in [6.45, 7) is -0.0577. The van der Waals surface area contributed by atoms with Crippen molar-refractivity contribution in [3.8, 4) is 5.75 Å². The fraction of sp³-hybridized carbons (Fsp3) is 0.133. The van der Waals surface area contributed by atoms with Gasteiger partial charge in [-0.15, -0.1) is 0 Å². The Balaban J connectivity index is 2.17. The van der Waals surface area contributed by atoms with E-state index in [1.807, 2.05) is 0 Å². The maximum absolute atomic E-state index is 12.1. The fourth-order valence-electron chi connectivity index (χ4n) is 1.76. The van der Waals surface area contributed by atoms with Crippen LogP contribution in [0.4, 0.5) is 5.69 Å². The number of ether oxygens (including phenoxy) is 1. The van der Waals surface area contributed by atoms with Gasteiger partial charge in [-0.05, 0) is 51.8 Å². The third-order valence-corrected chi connectivity index (χ3v) is 3.40. The van der Waals surface area contributed by atoms with Crippen LogP contribution in [0.2, 0.25) is 0 Å². The van der Waals surface area contributed by atoms with Crippen LogP contribution in [0.25, 0.3) is 0 Å². The summed E-state index contributed by atoms with van der Waals surface area (Å²) in [6.07, 6.45) is 0. The van der Waals surface area contributed by atoms with Crippen molar-refractivity contribution in [1.82, 2.24) is 0 Å². The van der Waals surface area contributed by atoms with Crippen molar-refractivity contribution in [3.63, 3.8) is 0 Å². The Kier molecular flexibility index (Phi) is 4.76. The molecular formula is C15H14BrNO3. The average molecular weight is 336 g/mol. The number of amides is 1. The van der Waals surface area contributed by atoms with Gasteiger partial charge in [-0.25, -0.2) is 0 Å². The molecule has 0 unspecified atom stereocenters. The van der Waals surface area contributed by atoms with Crippen LogP contribution >= 0.6 is 15.9 Å². The van der Waals surface area contributed by atoms with Gasteiger partial charge in [-0.3, -0.25) is 4.79 Å². The molecule has 2 aromatic carbocycles. The van der Waals surface area contributed by atoms with Crippen LogP contribution in [-0.4, -0.2) is 18.1 Å². The van der Waals surface area contributed by atoms with Gasteiger partial charge in [-0.2, -0.15) is 0 Å². The van der Waals surface area contributed by atoms with Crippen molar-refractivity contribution in [3.05, 3.63) is 58.1 Å². The molecule has 0 aliphatic rings. The molecule has 4 nitrogen and oxygen atoms in total. The van der Waals surface area contributed by atoms with Crippen LogP contribution in [-0.2, 0) is 6.61 Å². The number of hydrogen-bond acceptors (Lipinski definition) is 3. The predicted molar refractivity (Wildman–Crippen MR) is 81.0 cm³/mol. The second kappa shape index (κ2) is 6.54. The van der Waals surface area contributed by atoms with Gasteiger partial charge >= 0.3 is 0 Å². The van der Waals surface area contributed by atoms with Gasteiger partial charge < -0.3 is 15.2 Å². The van der Waals surface area contributed by atoms with Gasteiger partial charge in [0.25, 0.3) is 5.91 Å². The molecule has 0 fully saturated rings.